The second-order valence-corrected chi connectivity index (χ2v) is 5.79. The standard InChI is InChI=1S/C18H22N2O3/c1-12(2)16(21)11-20-18(22)14-5-4-13(3)17(10-14)23-15-6-8-19-9-7-15/h4-10,12,16,21H,11H2,1-3H3,(H,20,22). The van der Waals surface area contributed by atoms with Gasteiger partial charge in [-0.1, -0.05) is 19.9 Å². The Morgan fingerprint density at radius 3 is 2.61 bits per heavy atom. The Morgan fingerprint density at radius 1 is 1.26 bits per heavy atom. The lowest BCUT2D eigenvalue weighted by molar-refractivity contribution is 0.0871. The SMILES string of the molecule is Cc1ccc(C(=O)NCC(O)C(C)C)cc1Oc1ccncc1. The maximum atomic E-state index is 12.2. The minimum atomic E-state index is -0.558. The highest BCUT2D eigenvalue weighted by Gasteiger charge is 2.13. The number of hydrogen-bond acceptors (Lipinski definition) is 4. The van der Waals surface area contributed by atoms with Gasteiger partial charge in [-0.2, -0.15) is 0 Å². The highest BCUT2D eigenvalue weighted by molar-refractivity contribution is 5.94. The second-order valence-electron chi connectivity index (χ2n) is 5.79. The van der Waals surface area contributed by atoms with Crippen molar-refractivity contribution in [2.45, 2.75) is 26.9 Å². The van der Waals surface area contributed by atoms with Gasteiger partial charge >= 0.3 is 0 Å². The number of aliphatic hydroxyl groups is 1. The third-order valence-electron chi connectivity index (χ3n) is 3.57. The minimum Gasteiger partial charge on any atom is -0.457 e. The van der Waals surface area contributed by atoms with Crippen LogP contribution in [-0.2, 0) is 0 Å². The molecule has 0 radical (unpaired) electrons. The fourth-order valence-electron chi connectivity index (χ4n) is 1.92. The number of ether oxygens (including phenoxy) is 1. The highest BCUT2D eigenvalue weighted by atomic mass is 16.5. The quantitative estimate of drug-likeness (QED) is 0.860. The zero-order valence-corrected chi connectivity index (χ0v) is 13.6. The van der Waals surface area contributed by atoms with Crippen LogP contribution < -0.4 is 10.1 Å². The molecular weight excluding hydrogens is 292 g/mol. The average Bonchev–Trinajstić information content (AvgIpc) is 2.55. The molecule has 0 saturated carbocycles. The molecule has 122 valence electrons. The van der Waals surface area contributed by atoms with E-state index in [1.807, 2.05) is 26.8 Å². The van der Waals surface area contributed by atoms with Gasteiger partial charge in [-0.05, 0) is 42.7 Å². The number of aromatic nitrogens is 1. The average molecular weight is 314 g/mol. The topological polar surface area (TPSA) is 71.5 Å². The second kappa shape index (κ2) is 7.74. The summed E-state index contributed by atoms with van der Waals surface area (Å²) in [6.45, 7) is 5.96. The lowest BCUT2D eigenvalue weighted by Crippen LogP contribution is -2.34. The molecule has 2 rings (SSSR count). The molecule has 1 aromatic heterocycles. The van der Waals surface area contributed by atoms with Gasteiger partial charge in [-0.15, -0.1) is 0 Å². The van der Waals surface area contributed by atoms with E-state index in [4.69, 9.17) is 4.74 Å². The number of pyridine rings is 1. The first-order chi connectivity index (χ1) is 11.0. The maximum absolute atomic E-state index is 12.2. The minimum absolute atomic E-state index is 0.0962. The van der Waals surface area contributed by atoms with Crippen LogP contribution in [0.3, 0.4) is 0 Å². The third kappa shape index (κ3) is 4.79. The Labute approximate surface area is 136 Å². The van der Waals surface area contributed by atoms with Crippen LogP contribution in [0.2, 0.25) is 0 Å². The van der Waals surface area contributed by atoms with Crippen molar-refractivity contribution in [3.05, 3.63) is 53.9 Å². The first-order valence-corrected chi connectivity index (χ1v) is 7.62. The van der Waals surface area contributed by atoms with Gasteiger partial charge in [0.15, 0.2) is 0 Å². The van der Waals surface area contributed by atoms with Gasteiger partial charge in [-0.25, -0.2) is 0 Å². The van der Waals surface area contributed by atoms with Crippen LogP contribution in [0.4, 0.5) is 0 Å². The van der Waals surface area contributed by atoms with Crippen molar-refractivity contribution in [3.8, 4) is 11.5 Å². The number of nitrogens with zero attached hydrogens (tertiary/aromatic N) is 1. The van der Waals surface area contributed by atoms with Crippen LogP contribution in [-0.4, -0.2) is 28.6 Å². The van der Waals surface area contributed by atoms with E-state index >= 15 is 0 Å². The summed E-state index contributed by atoms with van der Waals surface area (Å²) < 4.78 is 5.79. The molecule has 1 atom stereocenters. The molecule has 0 aliphatic heterocycles. The summed E-state index contributed by atoms with van der Waals surface area (Å²) in [5.41, 5.74) is 1.43. The lowest BCUT2D eigenvalue weighted by Gasteiger charge is -2.15. The summed E-state index contributed by atoms with van der Waals surface area (Å²) >= 11 is 0. The predicted octanol–water partition coefficient (Wildman–Crippen LogP) is 2.93. The molecule has 0 fully saturated rings. The molecule has 0 saturated heterocycles. The number of rotatable bonds is 6. The number of aliphatic hydroxyl groups excluding tert-OH is 1. The van der Waals surface area contributed by atoms with Crippen LogP contribution in [0.15, 0.2) is 42.7 Å². The summed E-state index contributed by atoms with van der Waals surface area (Å²) in [7, 11) is 0. The third-order valence-corrected chi connectivity index (χ3v) is 3.57. The zero-order valence-electron chi connectivity index (χ0n) is 13.6. The smallest absolute Gasteiger partial charge is 0.251 e. The molecule has 1 unspecified atom stereocenters. The summed E-state index contributed by atoms with van der Waals surface area (Å²) in [5, 5.41) is 12.5. The van der Waals surface area contributed by atoms with E-state index in [1.165, 1.54) is 0 Å². The van der Waals surface area contributed by atoms with E-state index in [0.717, 1.165) is 5.56 Å². The fourth-order valence-corrected chi connectivity index (χ4v) is 1.92. The van der Waals surface area contributed by atoms with E-state index < -0.39 is 6.10 Å². The molecule has 23 heavy (non-hydrogen) atoms. The normalized spacial score (nSPS) is 12.0. The van der Waals surface area contributed by atoms with Gasteiger partial charge in [0.2, 0.25) is 0 Å². The first-order valence-electron chi connectivity index (χ1n) is 7.62. The lowest BCUT2D eigenvalue weighted by atomic mass is 10.1. The van der Waals surface area contributed by atoms with Crippen molar-refractivity contribution < 1.29 is 14.6 Å². The molecule has 1 aromatic carbocycles. The van der Waals surface area contributed by atoms with Gasteiger partial charge in [0, 0.05) is 24.5 Å². The van der Waals surface area contributed by atoms with Crippen molar-refractivity contribution >= 4 is 5.91 Å². The van der Waals surface area contributed by atoms with Crippen molar-refractivity contribution in [3.63, 3.8) is 0 Å². The van der Waals surface area contributed by atoms with Crippen LogP contribution in [0.1, 0.15) is 29.8 Å². The van der Waals surface area contributed by atoms with Crippen molar-refractivity contribution in [1.82, 2.24) is 10.3 Å². The summed E-state index contributed by atoms with van der Waals surface area (Å²) in [6.07, 6.45) is 2.74. The first kappa shape index (κ1) is 17.0. The van der Waals surface area contributed by atoms with Crippen molar-refractivity contribution in [1.29, 1.82) is 0 Å². The summed E-state index contributed by atoms with van der Waals surface area (Å²) in [5.74, 6) is 1.15. The van der Waals surface area contributed by atoms with Crippen LogP contribution >= 0.6 is 0 Å². The van der Waals surface area contributed by atoms with Crippen molar-refractivity contribution in [2.24, 2.45) is 5.92 Å². The number of hydrogen-bond donors (Lipinski definition) is 2. The van der Waals surface area contributed by atoms with E-state index in [9.17, 15) is 9.90 Å². The molecule has 1 amide bonds. The van der Waals surface area contributed by atoms with E-state index in [1.54, 1.807) is 36.7 Å². The molecule has 0 aliphatic rings. The number of benzene rings is 1. The van der Waals surface area contributed by atoms with E-state index in [2.05, 4.69) is 10.3 Å². The molecular formula is C18H22N2O3. The summed E-state index contributed by atoms with van der Waals surface area (Å²) in [6, 6.07) is 8.79. The number of nitrogens with one attached hydrogen (secondary N) is 1. The number of aryl methyl sites for hydroxylation is 1. The molecule has 2 aromatic rings. The number of amides is 1. The van der Waals surface area contributed by atoms with Crippen LogP contribution in [0, 0.1) is 12.8 Å². The fraction of sp³-hybridized carbons (Fsp3) is 0.333. The Balaban J connectivity index is 2.09. The largest absolute Gasteiger partial charge is 0.457 e. The Kier molecular flexibility index (Phi) is 5.71. The van der Waals surface area contributed by atoms with Gasteiger partial charge in [0.25, 0.3) is 5.91 Å². The highest BCUT2D eigenvalue weighted by Crippen LogP contribution is 2.25. The van der Waals surface area contributed by atoms with Crippen LogP contribution in [0.5, 0.6) is 11.5 Å². The Hall–Kier alpha value is -2.40. The summed E-state index contributed by atoms with van der Waals surface area (Å²) in [4.78, 5) is 16.1. The zero-order chi connectivity index (χ0) is 16.8. The van der Waals surface area contributed by atoms with Gasteiger partial charge in [0.1, 0.15) is 11.5 Å². The van der Waals surface area contributed by atoms with Crippen LogP contribution in [0.25, 0.3) is 0 Å². The van der Waals surface area contributed by atoms with Gasteiger partial charge < -0.3 is 15.2 Å². The van der Waals surface area contributed by atoms with Gasteiger partial charge in [-0.3, -0.25) is 9.78 Å². The molecule has 0 spiro atoms. The Bertz CT molecular complexity index is 657. The molecule has 0 bridgehead atoms. The van der Waals surface area contributed by atoms with Gasteiger partial charge in [0.05, 0.1) is 6.10 Å². The Morgan fingerprint density at radius 2 is 1.96 bits per heavy atom. The molecule has 1 heterocycles. The van der Waals surface area contributed by atoms with E-state index in [-0.39, 0.29) is 18.4 Å². The number of carbonyl (C=O) groups is 1. The monoisotopic (exact) mass is 314 g/mol. The molecule has 5 nitrogen and oxygen atoms in total. The van der Waals surface area contributed by atoms with Crippen molar-refractivity contribution in [2.75, 3.05) is 6.54 Å². The molecule has 5 heteroatoms. The maximum Gasteiger partial charge on any atom is 0.251 e. The predicted molar refractivity (Wildman–Crippen MR) is 88.7 cm³/mol. The van der Waals surface area contributed by atoms with E-state index in [0.29, 0.717) is 17.1 Å². The molecule has 2 N–H and O–H groups in total. The molecule has 0 aliphatic carbocycles. The number of carbonyl (C=O) groups excluding carboxylic acids is 1.